The van der Waals surface area contributed by atoms with Gasteiger partial charge in [-0.15, -0.1) is 0 Å². The van der Waals surface area contributed by atoms with Gasteiger partial charge in [-0.05, 0) is 26.6 Å². The highest BCUT2D eigenvalue weighted by Crippen LogP contribution is 2.16. The van der Waals surface area contributed by atoms with E-state index in [0.717, 1.165) is 31.1 Å². The molecule has 1 aromatic heterocycles. The molecule has 0 fully saturated rings. The molecule has 0 bridgehead atoms. The highest BCUT2D eigenvalue weighted by atomic mass is 15.2. The van der Waals surface area contributed by atoms with E-state index in [1.807, 2.05) is 19.1 Å². The van der Waals surface area contributed by atoms with Crippen molar-refractivity contribution in [1.29, 1.82) is 0 Å². The first-order valence-electron chi connectivity index (χ1n) is 7.54. The molecule has 1 heterocycles. The van der Waals surface area contributed by atoms with Crippen LogP contribution in [0.5, 0.6) is 0 Å². The predicted molar refractivity (Wildman–Crippen MR) is 92.4 cm³/mol. The summed E-state index contributed by atoms with van der Waals surface area (Å²) in [6, 6.07) is 12.4. The minimum Gasteiger partial charge on any atom is -0.355 e. The number of anilines is 2. The zero-order chi connectivity index (χ0) is 15.9. The zero-order valence-corrected chi connectivity index (χ0v) is 13.9. The molecule has 0 amide bonds. The lowest BCUT2D eigenvalue weighted by Crippen LogP contribution is -2.23. The van der Waals surface area contributed by atoms with Crippen molar-refractivity contribution in [3.63, 3.8) is 0 Å². The lowest BCUT2D eigenvalue weighted by Gasteiger charge is -2.19. The van der Waals surface area contributed by atoms with Gasteiger partial charge in [-0.3, -0.25) is 0 Å². The number of hydrogen-bond donors (Lipinski definition) is 1. The van der Waals surface area contributed by atoms with E-state index in [1.165, 1.54) is 5.56 Å². The highest BCUT2D eigenvalue weighted by Gasteiger charge is 2.07. The summed E-state index contributed by atoms with van der Waals surface area (Å²) in [6.07, 6.45) is 0. The van der Waals surface area contributed by atoms with E-state index in [2.05, 4.69) is 70.5 Å². The molecule has 118 valence electrons. The van der Waals surface area contributed by atoms with E-state index >= 15 is 0 Å². The van der Waals surface area contributed by atoms with E-state index < -0.39 is 0 Å². The van der Waals surface area contributed by atoms with Gasteiger partial charge in [0.15, 0.2) is 0 Å². The number of aromatic nitrogens is 2. The van der Waals surface area contributed by atoms with Gasteiger partial charge < -0.3 is 15.1 Å². The second-order valence-corrected chi connectivity index (χ2v) is 5.76. The molecule has 0 unspecified atom stereocenters. The maximum Gasteiger partial charge on any atom is 0.224 e. The third kappa shape index (κ3) is 5.00. The topological polar surface area (TPSA) is 44.3 Å². The summed E-state index contributed by atoms with van der Waals surface area (Å²) >= 11 is 0. The van der Waals surface area contributed by atoms with Crippen LogP contribution in [0.2, 0.25) is 0 Å². The normalized spacial score (nSPS) is 10.8. The van der Waals surface area contributed by atoms with Crippen LogP contribution in [0.1, 0.15) is 11.3 Å². The molecular formula is C17H25N5. The Morgan fingerprint density at radius 1 is 1.05 bits per heavy atom. The van der Waals surface area contributed by atoms with Crippen molar-refractivity contribution in [3.05, 3.63) is 47.7 Å². The Balaban J connectivity index is 2.05. The molecule has 2 rings (SSSR count). The van der Waals surface area contributed by atoms with Gasteiger partial charge in [0.05, 0.1) is 0 Å². The summed E-state index contributed by atoms with van der Waals surface area (Å²) in [5.41, 5.74) is 2.24. The number of aryl methyl sites for hydroxylation is 1. The molecule has 0 saturated carbocycles. The first-order valence-corrected chi connectivity index (χ1v) is 7.54. The standard InChI is InChI=1S/C17H25N5/c1-14-12-16(20-17(19-14)18-10-11-21(2)3)22(4)13-15-8-6-5-7-9-15/h5-9,12H,10-11,13H2,1-4H3,(H,18,19,20). The summed E-state index contributed by atoms with van der Waals surface area (Å²) < 4.78 is 0. The van der Waals surface area contributed by atoms with Crippen molar-refractivity contribution in [2.45, 2.75) is 13.5 Å². The van der Waals surface area contributed by atoms with Gasteiger partial charge in [0.25, 0.3) is 0 Å². The van der Waals surface area contributed by atoms with E-state index in [0.29, 0.717) is 5.95 Å². The third-order valence-electron chi connectivity index (χ3n) is 3.34. The van der Waals surface area contributed by atoms with Crippen molar-refractivity contribution < 1.29 is 0 Å². The fourth-order valence-corrected chi connectivity index (χ4v) is 2.16. The molecule has 1 N–H and O–H groups in total. The van der Waals surface area contributed by atoms with Crippen LogP contribution in [0, 0.1) is 6.92 Å². The Hall–Kier alpha value is -2.14. The summed E-state index contributed by atoms with van der Waals surface area (Å²) in [7, 11) is 6.16. The molecular weight excluding hydrogens is 274 g/mol. The van der Waals surface area contributed by atoms with Crippen LogP contribution in [-0.2, 0) is 6.54 Å². The van der Waals surface area contributed by atoms with Crippen LogP contribution in [0.25, 0.3) is 0 Å². The Labute approximate surface area is 133 Å². The van der Waals surface area contributed by atoms with E-state index in [-0.39, 0.29) is 0 Å². The fourth-order valence-electron chi connectivity index (χ4n) is 2.16. The van der Waals surface area contributed by atoms with Crippen molar-refractivity contribution in [2.75, 3.05) is 44.4 Å². The Kier molecular flexibility index (Phi) is 5.72. The monoisotopic (exact) mass is 299 g/mol. The molecule has 1 aromatic carbocycles. The molecule has 0 saturated heterocycles. The number of hydrogen-bond acceptors (Lipinski definition) is 5. The molecule has 2 aromatic rings. The minimum absolute atomic E-state index is 0.691. The number of likely N-dealkylation sites (N-methyl/N-ethyl adjacent to an activating group) is 1. The molecule has 0 radical (unpaired) electrons. The lowest BCUT2D eigenvalue weighted by molar-refractivity contribution is 0.425. The summed E-state index contributed by atoms with van der Waals surface area (Å²) in [5.74, 6) is 1.63. The van der Waals surface area contributed by atoms with E-state index in [9.17, 15) is 0 Å². The average molecular weight is 299 g/mol. The van der Waals surface area contributed by atoms with Crippen molar-refractivity contribution in [2.24, 2.45) is 0 Å². The maximum atomic E-state index is 4.61. The number of benzene rings is 1. The first kappa shape index (κ1) is 16.2. The second kappa shape index (κ2) is 7.75. The van der Waals surface area contributed by atoms with Gasteiger partial charge in [-0.25, -0.2) is 4.98 Å². The summed E-state index contributed by atoms with van der Waals surface area (Å²) in [5, 5.41) is 3.29. The molecule has 22 heavy (non-hydrogen) atoms. The molecule has 0 aliphatic heterocycles. The summed E-state index contributed by atoms with van der Waals surface area (Å²) in [6.45, 7) is 4.61. The zero-order valence-electron chi connectivity index (χ0n) is 13.9. The molecule has 0 aliphatic rings. The Bertz CT molecular complexity index is 583. The Morgan fingerprint density at radius 2 is 1.77 bits per heavy atom. The molecule has 5 heteroatoms. The van der Waals surface area contributed by atoms with E-state index in [4.69, 9.17) is 0 Å². The van der Waals surface area contributed by atoms with Gasteiger partial charge in [-0.1, -0.05) is 30.3 Å². The predicted octanol–water partition coefficient (Wildman–Crippen LogP) is 2.39. The van der Waals surface area contributed by atoms with Gasteiger partial charge in [0, 0.05) is 38.4 Å². The van der Waals surface area contributed by atoms with Crippen molar-refractivity contribution in [3.8, 4) is 0 Å². The molecule has 0 atom stereocenters. The van der Waals surface area contributed by atoms with Crippen LogP contribution in [0.15, 0.2) is 36.4 Å². The quantitative estimate of drug-likeness (QED) is 0.850. The van der Waals surface area contributed by atoms with Crippen LogP contribution in [0.4, 0.5) is 11.8 Å². The van der Waals surface area contributed by atoms with Crippen molar-refractivity contribution in [1.82, 2.24) is 14.9 Å². The summed E-state index contributed by atoms with van der Waals surface area (Å²) in [4.78, 5) is 13.3. The molecule has 0 aliphatic carbocycles. The van der Waals surface area contributed by atoms with Gasteiger partial charge in [0.2, 0.25) is 5.95 Å². The van der Waals surface area contributed by atoms with Crippen LogP contribution >= 0.6 is 0 Å². The number of nitrogens with zero attached hydrogens (tertiary/aromatic N) is 4. The van der Waals surface area contributed by atoms with Crippen molar-refractivity contribution >= 4 is 11.8 Å². The smallest absolute Gasteiger partial charge is 0.224 e. The minimum atomic E-state index is 0.691. The molecule has 5 nitrogen and oxygen atoms in total. The second-order valence-electron chi connectivity index (χ2n) is 5.76. The highest BCUT2D eigenvalue weighted by molar-refractivity contribution is 5.44. The fraction of sp³-hybridized carbons (Fsp3) is 0.412. The van der Waals surface area contributed by atoms with Crippen LogP contribution < -0.4 is 10.2 Å². The maximum absolute atomic E-state index is 4.61. The lowest BCUT2D eigenvalue weighted by atomic mass is 10.2. The van der Waals surface area contributed by atoms with Crippen LogP contribution in [-0.4, -0.2) is 49.1 Å². The number of rotatable bonds is 7. The van der Waals surface area contributed by atoms with Gasteiger partial charge >= 0.3 is 0 Å². The van der Waals surface area contributed by atoms with Gasteiger partial charge in [0.1, 0.15) is 5.82 Å². The first-order chi connectivity index (χ1) is 10.5. The Morgan fingerprint density at radius 3 is 2.45 bits per heavy atom. The van der Waals surface area contributed by atoms with Gasteiger partial charge in [-0.2, -0.15) is 4.98 Å². The SMILES string of the molecule is Cc1cc(N(C)Cc2ccccc2)nc(NCCN(C)C)n1. The van der Waals surface area contributed by atoms with Crippen LogP contribution in [0.3, 0.4) is 0 Å². The number of nitrogens with one attached hydrogen (secondary N) is 1. The average Bonchev–Trinajstić information content (AvgIpc) is 2.47. The largest absolute Gasteiger partial charge is 0.355 e. The van der Waals surface area contributed by atoms with E-state index in [1.54, 1.807) is 0 Å². The molecule has 0 spiro atoms. The third-order valence-corrected chi connectivity index (χ3v) is 3.34.